The number of hydrogen-bond donors (Lipinski definition) is 2. The Morgan fingerprint density at radius 1 is 1.25 bits per heavy atom. The zero-order valence-electron chi connectivity index (χ0n) is 12.0. The minimum atomic E-state index is 0.509. The summed E-state index contributed by atoms with van der Waals surface area (Å²) >= 11 is 6.20. The summed E-state index contributed by atoms with van der Waals surface area (Å²) < 4.78 is 0. The highest BCUT2D eigenvalue weighted by atomic mass is 35.5. The molecule has 0 aliphatic heterocycles. The van der Waals surface area contributed by atoms with Crippen molar-refractivity contribution >= 4 is 28.9 Å². The van der Waals surface area contributed by atoms with Gasteiger partial charge in [0.05, 0.1) is 10.7 Å². The fourth-order valence-corrected chi connectivity index (χ4v) is 2.07. The molecule has 106 valence electrons. The molecule has 2 aromatic rings. The Hall–Kier alpha value is -1.81. The van der Waals surface area contributed by atoms with Crippen molar-refractivity contribution in [2.24, 2.45) is 0 Å². The van der Waals surface area contributed by atoms with Gasteiger partial charge in [0.2, 0.25) is 0 Å². The number of halogens is 1. The third kappa shape index (κ3) is 3.20. The smallest absolute Gasteiger partial charge is 0.139 e. The Balaban J connectivity index is 2.39. The number of rotatable bonds is 4. The standard InChI is InChI=1S/C15H19ClN4/c1-4-5-13-19-14(17)10(3)15(20-13)18-12-8-9(2)6-7-11(12)16/h6-8H,4-5H2,1-3H3,(H3,17,18,19,20). The van der Waals surface area contributed by atoms with Crippen LogP contribution in [0.15, 0.2) is 18.2 Å². The van der Waals surface area contributed by atoms with Gasteiger partial charge in [0.25, 0.3) is 0 Å². The van der Waals surface area contributed by atoms with E-state index in [-0.39, 0.29) is 0 Å². The maximum atomic E-state index is 6.20. The SMILES string of the molecule is CCCc1nc(N)c(C)c(Nc2cc(C)ccc2Cl)n1. The van der Waals surface area contributed by atoms with Crippen LogP contribution in [0.4, 0.5) is 17.3 Å². The first kappa shape index (κ1) is 14.6. The third-order valence-electron chi connectivity index (χ3n) is 3.08. The van der Waals surface area contributed by atoms with Gasteiger partial charge < -0.3 is 11.1 Å². The second-order valence-electron chi connectivity index (χ2n) is 4.86. The molecule has 1 heterocycles. The Kier molecular flexibility index (Phi) is 4.45. The summed E-state index contributed by atoms with van der Waals surface area (Å²) in [6, 6.07) is 5.82. The molecule has 0 fully saturated rings. The molecule has 0 saturated carbocycles. The van der Waals surface area contributed by atoms with Crippen LogP contribution in [-0.2, 0) is 6.42 Å². The van der Waals surface area contributed by atoms with Gasteiger partial charge in [-0.3, -0.25) is 0 Å². The lowest BCUT2D eigenvalue weighted by molar-refractivity contribution is 0.836. The zero-order valence-corrected chi connectivity index (χ0v) is 12.8. The molecule has 0 spiro atoms. The number of benzene rings is 1. The molecular weight excluding hydrogens is 272 g/mol. The summed E-state index contributed by atoms with van der Waals surface area (Å²) in [7, 11) is 0. The van der Waals surface area contributed by atoms with E-state index in [1.165, 1.54) is 0 Å². The van der Waals surface area contributed by atoms with Gasteiger partial charge in [-0.2, -0.15) is 0 Å². The van der Waals surface area contributed by atoms with E-state index in [9.17, 15) is 0 Å². The molecule has 20 heavy (non-hydrogen) atoms. The van der Waals surface area contributed by atoms with Crippen LogP contribution in [0.2, 0.25) is 5.02 Å². The molecule has 0 radical (unpaired) electrons. The first-order chi connectivity index (χ1) is 9.51. The highest BCUT2D eigenvalue weighted by Gasteiger charge is 2.10. The van der Waals surface area contributed by atoms with Crippen molar-refractivity contribution in [1.82, 2.24) is 9.97 Å². The number of nitrogens with two attached hydrogens (primary N) is 1. The van der Waals surface area contributed by atoms with Gasteiger partial charge in [-0.25, -0.2) is 9.97 Å². The molecule has 0 amide bonds. The predicted octanol–water partition coefficient (Wildman–Crippen LogP) is 4.03. The quantitative estimate of drug-likeness (QED) is 0.892. The van der Waals surface area contributed by atoms with Crippen molar-refractivity contribution in [1.29, 1.82) is 0 Å². The molecular formula is C15H19ClN4. The van der Waals surface area contributed by atoms with Crippen LogP contribution in [0.25, 0.3) is 0 Å². The van der Waals surface area contributed by atoms with Gasteiger partial charge in [-0.15, -0.1) is 0 Å². The van der Waals surface area contributed by atoms with E-state index in [2.05, 4.69) is 22.2 Å². The van der Waals surface area contributed by atoms with E-state index < -0.39 is 0 Å². The van der Waals surface area contributed by atoms with Gasteiger partial charge in [-0.05, 0) is 38.0 Å². The first-order valence-corrected chi connectivity index (χ1v) is 7.05. The largest absolute Gasteiger partial charge is 0.383 e. The Bertz CT molecular complexity index is 626. The summed E-state index contributed by atoms with van der Waals surface area (Å²) in [5.74, 6) is 1.98. The average Bonchev–Trinajstić information content (AvgIpc) is 2.40. The first-order valence-electron chi connectivity index (χ1n) is 6.67. The molecule has 4 nitrogen and oxygen atoms in total. The minimum absolute atomic E-state index is 0.509. The van der Waals surface area contributed by atoms with Crippen LogP contribution in [0.5, 0.6) is 0 Å². The number of anilines is 3. The van der Waals surface area contributed by atoms with Crippen molar-refractivity contribution in [3.05, 3.63) is 40.2 Å². The molecule has 1 aromatic carbocycles. The molecule has 3 N–H and O–H groups in total. The number of nitrogens with one attached hydrogen (secondary N) is 1. The van der Waals surface area contributed by atoms with Crippen molar-refractivity contribution in [2.75, 3.05) is 11.1 Å². The molecule has 5 heteroatoms. The molecule has 0 atom stereocenters. The summed E-state index contributed by atoms with van der Waals surface area (Å²) in [6.45, 7) is 6.01. The number of aromatic nitrogens is 2. The van der Waals surface area contributed by atoms with Gasteiger partial charge in [0.1, 0.15) is 17.5 Å². The number of aryl methyl sites for hydroxylation is 2. The number of hydrogen-bond acceptors (Lipinski definition) is 4. The molecule has 1 aromatic heterocycles. The molecule has 0 saturated heterocycles. The van der Waals surface area contributed by atoms with Crippen LogP contribution >= 0.6 is 11.6 Å². The van der Waals surface area contributed by atoms with E-state index in [0.29, 0.717) is 16.7 Å². The zero-order chi connectivity index (χ0) is 14.7. The van der Waals surface area contributed by atoms with E-state index in [1.807, 2.05) is 32.0 Å². The Morgan fingerprint density at radius 2 is 2.00 bits per heavy atom. The Labute approximate surface area is 124 Å². The van der Waals surface area contributed by atoms with E-state index in [1.54, 1.807) is 0 Å². The summed E-state index contributed by atoms with van der Waals surface area (Å²) in [4.78, 5) is 8.83. The fraction of sp³-hybridized carbons (Fsp3) is 0.333. The minimum Gasteiger partial charge on any atom is -0.383 e. The van der Waals surface area contributed by atoms with Gasteiger partial charge >= 0.3 is 0 Å². The molecule has 0 aliphatic carbocycles. The van der Waals surface area contributed by atoms with Crippen molar-refractivity contribution in [3.8, 4) is 0 Å². The average molecular weight is 291 g/mol. The lowest BCUT2D eigenvalue weighted by Crippen LogP contribution is -2.07. The molecule has 0 bridgehead atoms. The van der Waals surface area contributed by atoms with Gasteiger partial charge in [-0.1, -0.05) is 24.6 Å². The predicted molar refractivity (Wildman–Crippen MR) is 84.6 cm³/mol. The second kappa shape index (κ2) is 6.09. The molecule has 0 unspecified atom stereocenters. The topological polar surface area (TPSA) is 63.8 Å². The highest BCUT2D eigenvalue weighted by molar-refractivity contribution is 6.33. The van der Waals surface area contributed by atoms with Crippen molar-refractivity contribution < 1.29 is 0 Å². The maximum absolute atomic E-state index is 6.20. The highest BCUT2D eigenvalue weighted by Crippen LogP contribution is 2.28. The second-order valence-corrected chi connectivity index (χ2v) is 5.26. The van der Waals surface area contributed by atoms with Crippen LogP contribution < -0.4 is 11.1 Å². The van der Waals surface area contributed by atoms with E-state index in [4.69, 9.17) is 17.3 Å². The maximum Gasteiger partial charge on any atom is 0.139 e. The monoisotopic (exact) mass is 290 g/mol. The number of nitrogens with zero attached hydrogens (tertiary/aromatic N) is 2. The number of nitrogen functional groups attached to an aromatic ring is 1. The van der Waals surface area contributed by atoms with Crippen LogP contribution in [-0.4, -0.2) is 9.97 Å². The van der Waals surface area contributed by atoms with E-state index in [0.717, 1.165) is 35.5 Å². The van der Waals surface area contributed by atoms with Gasteiger partial charge in [0, 0.05) is 12.0 Å². The normalized spacial score (nSPS) is 10.6. The van der Waals surface area contributed by atoms with Crippen molar-refractivity contribution in [3.63, 3.8) is 0 Å². The lowest BCUT2D eigenvalue weighted by Gasteiger charge is -2.13. The van der Waals surface area contributed by atoms with Crippen LogP contribution in [0, 0.1) is 13.8 Å². The van der Waals surface area contributed by atoms with Crippen molar-refractivity contribution in [2.45, 2.75) is 33.6 Å². The molecule has 2 rings (SSSR count). The lowest BCUT2D eigenvalue weighted by atomic mass is 10.2. The molecule has 0 aliphatic rings. The summed E-state index contributed by atoms with van der Waals surface area (Å²) in [6.07, 6.45) is 1.79. The Morgan fingerprint density at radius 3 is 2.70 bits per heavy atom. The third-order valence-corrected chi connectivity index (χ3v) is 3.41. The fourth-order valence-electron chi connectivity index (χ4n) is 1.90. The summed E-state index contributed by atoms with van der Waals surface area (Å²) in [5.41, 5.74) is 8.74. The van der Waals surface area contributed by atoms with Crippen LogP contribution in [0.1, 0.15) is 30.3 Å². The van der Waals surface area contributed by atoms with E-state index >= 15 is 0 Å². The van der Waals surface area contributed by atoms with Gasteiger partial charge in [0.15, 0.2) is 0 Å². The summed E-state index contributed by atoms with van der Waals surface area (Å²) in [5, 5.41) is 3.91. The van der Waals surface area contributed by atoms with Crippen LogP contribution in [0.3, 0.4) is 0 Å².